The summed E-state index contributed by atoms with van der Waals surface area (Å²) in [7, 11) is 0. The Labute approximate surface area is 144 Å². The van der Waals surface area contributed by atoms with E-state index in [4.69, 9.17) is 9.84 Å². The topological polar surface area (TPSA) is 67.8 Å². The molecule has 0 amide bonds. The second kappa shape index (κ2) is 9.23. The summed E-state index contributed by atoms with van der Waals surface area (Å²) in [4.78, 5) is 2.66. The van der Waals surface area contributed by atoms with Crippen LogP contribution in [0.15, 0.2) is 24.3 Å². The van der Waals surface area contributed by atoms with Crippen LogP contribution in [0, 0.1) is 0 Å². The van der Waals surface area contributed by atoms with Gasteiger partial charge in [-0.3, -0.25) is 0 Å². The summed E-state index contributed by atoms with van der Waals surface area (Å²) < 4.78 is 45.4. The molecule has 0 unspecified atom stereocenters. The monoisotopic (exact) mass is 366 g/mol. The van der Waals surface area contributed by atoms with E-state index in [0.717, 1.165) is 32.7 Å². The number of benzene rings is 1. The lowest BCUT2D eigenvalue weighted by Crippen LogP contribution is -3.28. The number of nitrogens with one attached hydrogen (secondary N) is 2. The summed E-state index contributed by atoms with van der Waals surface area (Å²) in [5.74, 6) is 0.0638. The summed E-state index contributed by atoms with van der Waals surface area (Å²) in [5.41, 5.74) is 0. The van der Waals surface area contributed by atoms with Crippen molar-refractivity contribution in [2.45, 2.75) is 12.5 Å². The molecule has 1 aromatic rings. The molecule has 142 valence electrons. The van der Waals surface area contributed by atoms with Gasteiger partial charge in [0.2, 0.25) is 0 Å². The Morgan fingerprint density at radius 3 is 2.12 bits per heavy atom. The van der Waals surface area contributed by atoms with Crippen molar-refractivity contribution in [3.8, 4) is 11.5 Å². The number of quaternary nitrogens is 2. The van der Waals surface area contributed by atoms with Gasteiger partial charge in [0, 0.05) is 0 Å². The van der Waals surface area contributed by atoms with Crippen LogP contribution in [0.3, 0.4) is 0 Å². The van der Waals surface area contributed by atoms with Crippen LogP contribution in [0.2, 0.25) is 0 Å². The van der Waals surface area contributed by atoms with Crippen molar-refractivity contribution in [2.75, 3.05) is 52.5 Å². The van der Waals surface area contributed by atoms with Crippen LogP contribution in [0.25, 0.3) is 0 Å². The minimum atomic E-state index is -4.72. The maximum atomic E-state index is 12.1. The number of rotatable bonds is 8. The van der Waals surface area contributed by atoms with E-state index in [1.165, 1.54) is 34.1 Å². The number of aliphatic hydroxyl groups excluding tert-OH is 2. The summed E-state index contributed by atoms with van der Waals surface area (Å²) in [6.45, 7) is 5.36. The van der Waals surface area contributed by atoms with Gasteiger partial charge in [-0.15, -0.1) is 13.2 Å². The molecule has 6 nitrogen and oxygen atoms in total. The molecule has 25 heavy (non-hydrogen) atoms. The average molecular weight is 366 g/mol. The first-order chi connectivity index (χ1) is 11.9. The van der Waals surface area contributed by atoms with Gasteiger partial charge < -0.3 is 29.5 Å². The molecule has 0 aromatic heterocycles. The number of hydrogen-bond donors (Lipinski definition) is 4. The van der Waals surface area contributed by atoms with Gasteiger partial charge in [0.05, 0.1) is 6.61 Å². The van der Waals surface area contributed by atoms with Crippen LogP contribution < -0.4 is 19.3 Å². The molecule has 9 heteroatoms. The second-order valence-corrected chi connectivity index (χ2v) is 6.16. The maximum Gasteiger partial charge on any atom is 0.573 e. The van der Waals surface area contributed by atoms with Crippen LogP contribution in [-0.4, -0.2) is 75.2 Å². The van der Waals surface area contributed by atoms with Crippen molar-refractivity contribution < 1.29 is 42.7 Å². The highest BCUT2D eigenvalue weighted by molar-refractivity contribution is 5.31. The average Bonchev–Trinajstić information content (AvgIpc) is 2.55. The third-order valence-corrected chi connectivity index (χ3v) is 4.15. The first kappa shape index (κ1) is 19.8. The summed E-state index contributed by atoms with van der Waals surface area (Å²) in [5, 5.41) is 19.0. The van der Waals surface area contributed by atoms with Gasteiger partial charge in [-0.25, -0.2) is 0 Å². The Bertz CT molecular complexity index is 505. The van der Waals surface area contributed by atoms with Crippen molar-refractivity contribution in [1.82, 2.24) is 0 Å². The SMILES string of the molecule is OCC[NH+]1CC[NH+](C[C@@H](O)COc2ccc(OC(F)(F)F)cc2)CC1. The molecule has 1 saturated heterocycles. The quantitative estimate of drug-likeness (QED) is 0.434. The van der Waals surface area contributed by atoms with Gasteiger partial charge in [-0.05, 0) is 24.3 Å². The van der Waals surface area contributed by atoms with Crippen LogP contribution in [0.4, 0.5) is 13.2 Å². The van der Waals surface area contributed by atoms with Gasteiger partial charge >= 0.3 is 6.36 Å². The Morgan fingerprint density at radius 2 is 1.56 bits per heavy atom. The Balaban J connectivity index is 1.69. The van der Waals surface area contributed by atoms with E-state index in [-0.39, 0.29) is 19.0 Å². The first-order valence-electron chi connectivity index (χ1n) is 8.30. The zero-order valence-electron chi connectivity index (χ0n) is 13.9. The van der Waals surface area contributed by atoms with Gasteiger partial charge in [0.25, 0.3) is 0 Å². The molecule has 0 spiro atoms. The lowest BCUT2D eigenvalue weighted by Gasteiger charge is -2.30. The molecule has 1 aromatic carbocycles. The lowest BCUT2D eigenvalue weighted by molar-refractivity contribution is -1.01. The molecule has 0 aliphatic carbocycles. The number of piperazine rings is 1. The van der Waals surface area contributed by atoms with Crippen molar-refractivity contribution in [1.29, 1.82) is 0 Å². The van der Waals surface area contributed by atoms with Crippen molar-refractivity contribution in [2.24, 2.45) is 0 Å². The number of aliphatic hydroxyl groups is 2. The molecule has 1 atom stereocenters. The lowest BCUT2D eigenvalue weighted by atomic mass is 10.2. The molecule has 1 aliphatic heterocycles. The minimum absolute atomic E-state index is 0.0795. The van der Waals surface area contributed by atoms with Crippen LogP contribution in [0.1, 0.15) is 0 Å². The van der Waals surface area contributed by atoms with Gasteiger partial charge in [0.15, 0.2) is 0 Å². The van der Waals surface area contributed by atoms with Crippen LogP contribution in [-0.2, 0) is 0 Å². The molecule has 1 fully saturated rings. The molecular weight excluding hydrogens is 341 g/mol. The minimum Gasteiger partial charge on any atom is -0.491 e. The van der Waals surface area contributed by atoms with Crippen molar-refractivity contribution in [3.63, 3.8) is 0 Å². The van der Waals surface area contributed by atoms with Gasteiger partial charge in [0.1, 0.15) is 63.5 Å². The Kier molecular flexibility index (Phi) is 7.30. The van der Waals surface area contributed by atoms with E-state index >= 15 is 0 Å². The fourth-order valence-corrected chi connectivity index (χ4v) is 2.89. The van der Waals surface area contributed by atoms with E-state index in [9.17, 15) is 18.3 Å². The predicted molar refractivity (Wildman–Crippen MR) is 82.8 cm³/mol. The second-order valence-electron chi connectivity index (χ2n) is 6.16. The highest BCUT2D eigenvalue weighted by Crippen LogP contribution is 2.24. The van der Waals surface area contributed by atoms with E-state index in [1.807, 2.05) is 0 Å². The molecule has 2 rings (SSSR count). The summed E-state index contributed by atoms with van der Waals surface area (Å²) in [6.07, 6.45) is -5.37. The summed E-state index contributed by atoms with van der Waals surface area (Å²) >= 11 is 0. The molecule has 1 aliphatic rings. The predicted octanol–water partition coefficient (Wildman–Crippen LogP) is -1.90. The smallest absolute Gasteiger partial charge is 0.491 e. The fraction of sp³-hybridized carbons (Fsp3) is 0.625. The number of halogens is 3. The van der Waals surface area contributed by atoms with Crippen LogP contribution in [0.5, 0.6) is 11.5 Å². The van der Waals surface area contributed by atoms with Crippen molar-refractivity contribution >= 4 is 0 Å². The van der Waals surface area contributed by atoms with Crippen molar-refractivity contribution in [3.05, 3.63) is 24.3 Å². The molecule has 1 heterocycles. The van der Waals surface area contributed by atoms with E-state index in [0.29, 0.717) is 12.3 Å². The highest BCUT2D eigenvalue weighted by Gasteiger charge is 2.31. The third-order valence-electron chi connectivity index (χ3n) is 4.15. The molecule has 4 N–H and O–H groups in total. The van der Waals surface area contributed by atoms with Crippen LogP contribution >= 0.6 is 0 Å². The Hall–Kier alpha value is -1.55. The highest BCUT2D eigenvalue weighted by atomic mass is 19.4. The molecule has 0 saturated carbocycles. The standard InChI is InChI=1S/C16H23F3N2O4/c17-16(18,19)25-15-3-1-14(2-4-15)24-12-13(23)11-21-7-5-20(6-8-21)9-10-22/h1-4,13,22-23H,5-12H2/p+2/t13-/m1/s1. The number of hydrogen-bond acceptors (Lipinski definition) is 4. The molecular formula is C16H25F3N2O4+2. The third kappa shape index (κ3) is 7.47. The normalized spacial score (nSPS) is 22.4. The van der Waals surface area contributed by atoms with E-state index in [1.54, 1.807) is 0 Å². The summed E-state index contributed by atoms with van der Waals surface area (Å²) in [6, 6.07) is 5.09. The van der Waals surface area contributed by atoms with Gasteiger partial charge in [-0.1, -0.05) is 0 Å². The van der Waals surface area contributed by atoms with E-state index < -0.39 is 12.5 Å². The largest absolute Gasteiger partial charge is 0.573 e. The Morgan fingerprint density at radius 1 is 1.00 bits per heavy atom. The molecule has 0 bridgehead atoms. The zero-order valence-corrected chi connectivity index (χ0v) is 13.9. The maximum absolute atomic E-state index is 12.1. The van der Waals surface area contributed by atoms with Gasteiger partial charge in [-0.2, -0.15) is 0 Å². The number of ether oxygens (including phenoxy) is 2. The van der Waals surface area contributed by atoms with E-state index in [2.05, 4.69) is 4.74 Å². The first-order valence-corrected chi connectivity index (χ1v) is 8.30. The zero-order chi connectivity index (χ0) is 18.3. The molecule has 0 radical (unpaired) electrons. The fourth-order valence-electron chi connectivity index (χ4n) is 2.89. The number of alkyl halides is 3.